The van der Waals surface area contributed by atoms with E-state index in [1.54, 1.807) is 6.07 Å². The molecule has 20 heavy (non-hydrogen) atoms. The van der Waals surface area contributed by atoms with Gasteiger partial charge >= 0.3 is 6.36 Å². The number of nitrogen functional groups attached to an aromatic ring is 1. The summed E-state index contributed by atoms with van der Waals surface area (Å²) in [6, 6.07) is 7.03. The molecule has 1 heterocycles. The molecule has 0 amide bonds. The van der Waals surface area contributed by atoms with E-state index in [-0.39, 0.29) is 12.4 Å². The van der Waals surface area contributed by atoms with Crippen LogP contribution in [0.15, 0.2) is 42.7 Å². The highest BCUT2D eigenvalue weighted by atomic mass is 19.4. The van der Waals surface area contributed by atoms with Crippen molar-refractivity contribution in [2.75, 3.05) is 5.73 Å². The molecule has 0 radical (unpaired) electrons. The summed E-state index contributed by atoms with van der Waals surface area (Å²) in [7, 11) is 0. The molecule has 4 nitrogen and oxygen atoms in total. The Hall–Kier alpha value is -2.44. The number of ether oxygens (including phenoxy) is 2. The van der Waals surface area contributed by atoms with Gasteiger partial charge in [-0.2, -0.15) is 0 Å². The van der Waals surface area contributed by atoms with Crippen LogP contribution in [0.3, 0.4) is 0 Å². The van der Waals surface area contributed by atoms with E-state index in [2.05, 4.69) is 9.72 Å². The molecule has 0 fully saturated rings. The molecule has 2 rings (SSSR count). The Morgan fingerprint density at radius 2 is 1.75 bits per heavy atom. The predicted molar refractivity (Wildman–Crippen MR) is 66.1 cm³/mol. The van der Waals surface area contributed by atoms with Gasteiger partial charge in [0, 0.05) is 6.07 Å². The standard InChI is InChI=1S/C13H11F3N2O2/c14-13(15,16)20-11-3-1-9(2-4-11)8-19-12-5-10(17)6-18-7-12/h1-7H,8,17H2. The summed E-state index contributed by atoms with van der Waals surface area (Å²) < 4.78 is 45.1. The summed E-state index contributed by atoms with van der Waals surface area (Å²) in [6.45, 7) is 0.192. The van der Waals surface area contributed by atoms with Gasteiger partial charge in [0.2, 0.25) is 0 Å². The highest BCUT2D eigenvalue weighted by Gasteiger charge is 2.30. The van der Waals surface area contributed by atoms with Crippen LogP contribution < -0.4 is 15.2 Å². The first kappa shape index (κ1) is 14.0. The Kier molecular flexibility index (Phi) is 3.97. The van der Waals surface area contributed by atoms with Gasteiger partial charge in [-0.05, 0) is 17.7 Å². The largest absolute Gasteiger partial charge is 0.573 e. The normalized spacial score (nSPS) is 11.2. The van der Waals surface area contributed by atoms with E-state index in [1.807, 2.05) is 0 Å². The Morgan fingerprint density at radius 3 is 2.35 bits per heavy atom. The van der Waals surface area contributed by atoms with Crippen LogP contribution in [0, 0.1) is 0 Å². The molecule has 0 saturated heterocycles. The molecule has 0 spiro atoms. The third-order valence-corrected chi connectivity index (χ3v) is 2.30. The van der Waals surface area contributed by atoms with Crippen molar-refractivity contribution in [3.63, 3.8) is 0 Å². The summed E-state index contributed by atoms with van der Waals surface area (Å²) in [4.78, 5) is 3.86. The number of pyridine rings is 1. The van der Waals surface area contributed by atoms with Crippen molar-refractivity contribution < 1.29 is 22.6 Å². The number of aromatic nitrogens is 1. The number of nitrogens with two attached hydrogens (primary N) is 1. The molecule has 0 unspecified atom stereocenters. The van der Waals surface area contributed by atoms with Crippen LogP contribution in [0.1, 0.15) is 5.56 Å². The smallest absolute Gasteiger partial charge is 0.487 e. The summed E-state index contributed by atoms with van der Waals surface area (Å²) in [6.07, 6.45) is -1.71. The van der Waals surface area contributed by atoms with Gasteiger partial charge in [-0.25, -0.2) is 0 Å². The fraction of sp³-hybridized carbons (Fsp3) is 0.154. The maximum absolute atomic E-state index is 12.0. The highest BCUT2D eigenvalue weighted by Crippen LogP contribution is 2.23. The summed E-state index contributed by atoms with van der Waals surface area (Å²) in [5.41, 5.74) is 6.71. The lowest BCUT2D eigenvalue weighted by Gasteiger charge is -2.10. The Labute approximate surface area is 113 Å². The molecule has 7 heteroatoms. The van der Waals surface area contributed by atoms with E-state index in [0.717, 1.165) is 0 Å². The van der Waals surface area contributed by atoms with Crippen LogP contribution >= 0.6 is 0 Å². The summed E-state index contributed by atoms with van der Waals surface area (Å²) in [5.74, 6) is 0.215. The van der Waals surface area contributed by atoms with Crippen molar-refractivity contribution in [2.45, 2.75) is 13.0 Å². The maximum Gasteiger partial charge on any atom is 0.573 e. The molecule has 0 aliphatic rings. The second-order valence-corrected chi connectivity index (χ2v) is 3.93. The van der Waals surface area contributed by atoms with Crippen LogP contribution in [0.2, 0.25) is 0 Å². The van der Waals surface area contributed by atoms with Gasteiger partial charge in [0.05, 0.1) is 18.1 Å². The fourth-order valence-corrected chi connectivity index (χ4v) is 1.47. The Bertz CT molecular complexity index is 571. The zero-order valence-corrected chi connectivity index (χ0v) is 10.2. The van der Waals surface area contributed by atoms with Crippen LogP contribution in [-0.2, 0) is 6.61 Å². The monoisotopic (exact) mass is 284 g/mol. The van der Waals surface area contributed by atoms with E-state index >= 15 is 0 Å². The van der Waals surface area contributed by atoms with E-state index in [1.165, 1.54) is 36.7 Å². The average molecular weight is 284 g/mol. The lowest BCUT2D eigenvalue weighted by Crippen LogP contribution is -2.17. The Balaban J connectivity index is 1.94. The summed E-state index contributed by atoms with van der Waals surface area (Å²) >= 11 is 0. The number of alkyl halides is 3. The first-order chi connectivity index (χ1) is 9.42. The van der Waals surface area contributed by atoms with Crippen molar-refractivity contribution in [1.29, 1.82) is 0 Å². The van der Waals surface area contributed by atoms with Gasteiger partial charge in [0.15, 0.2) is 0 Å². The molecule has 1 aromatic carbocycles. The molecular weight excluding hydrogens is 273 g/mol. The fourth-order valence-electron chi connectivity index (χ4n) is 1.47. The SMILES string of the molecule is Nc1cncc(OCc2ccc(OC(F)(F)F)cc2)c1. The second-order valence-electron chi connectivity index (χ2n) is 3.93. The van der Waals surface area contributed by atoms with Crippen molar-refractivity contribution in [3.8, 4) is 11.5 Å². The highest BCUT2D eigenvalue weighted by molar-refractivity contribution is 5.40. The van der Waals surface area contributed by atoms with E-state index in [0.29, 0.717) is 17.0 Å². The maximum atomic E-state index is 12.0. The third-order valence-electron chi connectivity index (χ3n) is 2.30. The first-order valence-corrected chi connectivity index (χ1v) is 5.60. The third kappa shape index (κ3) is 4.34. The van der Waals surface area contributed by atoms with Crippen LogP contribution in [0.5, 0.6) is 11.5 Å². The minimum Gasteiger partial charge on any atom is -0.487 e. The van der Waals surface area contributed by atoms with Gasteiger partial charge in [0.1, 0.15) is 18.1 Å². The predicted octanol–water partition coefficient (Wildman–Crippen LogP) is 3.14. The zero-order valence-electron chi connectivity index (χ0n) is 10.2. The lowest BCUT2D eigenvalue weighted by molar-refractivity contribution is -0.274. The van der Waals surface area contributed by atoms with Gasteiger partial charge < -0.3 is 15.2 Å². The molecule has 0 bridgehead atoms. The van der Waals surface area contributed by atoms with Crippen LogP contribution in [-0.4, -0.2) is 11.3 Å². The summed E-state index contributed by atoms with van der Waals surface area (Å²) in [5, 5.41) is 0. The molecular formula is C13H11F3N2O2. The van der Waals surface area contributed by atoms with Crippen LogP contribution in [0.4, 0.5) is 18.9 Å². The van der Waals surface area contributed by atoms with Crippen LogP contribution in [0.25, 0.3) is 0 Å². The first-order valence-electron chi connectivity index (χ1n) is 5.60. The zero-order chi connectivity index (χ0) is 14.6. The molecule has 2 aromatic rings. The van der Waals surface area contributed by atoms with Crippen molar-refractivity contribution in [2.24, 2.45) is 0 Å². The minimum absolute atomic E-state index is 0.192. The quantitative estimate of drug-likeness (QED) is 0.937. The van der Waals surface area contributed by atoms with E-state index in [9.17, 15) is 13.2 Å². The van der Waals surface area contributed by atoms with Crippen molar-refractivity contribution in [1.82, 2.24) is 4.98 Å². The van der Waals surface area contributed by atoms with Crippen molar-refractivity contribution in [3.05, 3.63) is 48.3 Å². The van der Waals surface area contributed by atoms with E-state index < -0.39 is 6.36 Å². The number of halogens is 3. The number of rotatable bonds is 4. The number of benzene rings is 1. The molecule has 1 aromatic heterocycles. The molecule has 106 valence electrons. The van der Waals surface area contributed by atoms with Crippen molar-refractivity contribution >= 4 is 5.69 Å². The number of hydrogen-bond donors (Lipinski definition) is 1. The topological polar surface area (TPSA) is 57.4 Å². The Morgan fingerprint density at radius 1 is 1.05 bits per heavy atom. The minimum atomic E-state index is -4.69. The number of anilines is 1. The number of hydrogen-bond acceptors (Lipinski definition) is 4. The van der Waals surface area contributed by atoms with Gasteiger partial charge in [-0.3, -0.25) is 4.98 Å². The lowest BCUT2D eigenvalue weighted by atomic mass is 10.2. The molecule has 0 saturated carbocycles. The van der Waals surface area contributed by atoms with Gasteiger partial charge in [-0.1, -0.05) is 12.1 Å². The average Bonchev–Trinajstić information content (AvgIpc) is 2.36. The van der Waals surface area contributed by atoms with Gasteiger partial charge in [0.25, 0.3) is 0 Å². The molecule has 0 atom stereocenters. The molecule has 0 aliphatic heterocycles. The number of nitrogens with zero attached hydrogens (tertiary/aromatic N) is 1. The second kappa shape index (κ2) is 5.68. The van der Waals surface area contributed by atoms with Gasteiger partial charge in [-0.15, -0.1) is 13.2 Å². The molecule has 0 aliphatic carbocycles. The molecule has 2 N–H and O–H groups in total. The van der Waals surface area contributed by atoms with E-state index in [4.69, 9.17) is 10.5 Å².